The lowest BCUT2D eigenvalue weighted by Crippen LogP contribution is -2.44. The van der Waals surface area contributed by atoms with Crippen molar-refractivity contribution in [3.63, 3.8) is 0 Å². The molecule has 5 heteroatoms. The van der Waals surface area contributed by atoms with E-state index in [0.717, 1.165) is 35.7 Å². The van der Waals surface area contributed by atoms with Crippen molar-refractivity contribution >= 4 is 5.69 Å². The lowest BCUT2D eigenvalue weighted by molar-refractivity contribution is 0.258. The highest BCUT2D eigenvalue weighted by atomic mass is 16.5. The number of fused-ring (bicyclic) bond motifs is 3. The molecular weight excluding hydrogens is 228 g/mol. The number of benzene rings is 1. The second-order valence-electron chi connectivity index (χ2n) is 4.77. The maximum atomic E-state index is 5.94. The highest BCUT2D eigenvalue weighted by Gasteiger charge is 2.28. The van der Waals surface area contributed by atoms with E-state index in [1.165, 1.54) is 0 Å². The molecule has 0 amide bonds. The fourth-order valence-electron chi connectivity index (χ4n) is 2.59. The van der Waals surface area contributed by atoms with Gasteiger partial charge in [0.1, 0.15) is 6.61 Å². The lowest BCUT2D eigenvalue weighted by atomic mass is 10.0. The van der Waals surface area contributed by atoms with Crippen LogP contribution < -0.4 is 15.8 Å². The molecule has 1 fully saturated rings. The van der Waals surface area contributed by atoms with Crippen LogP contribution in [0.1, 0.15) is 11.7 Å². The highest BCUT2D eigenvalue weighted by molar-refractivity contribution is 5.79. The smallest absolute Gasteiger partial charge is 0.150 e. The van der Waals surface area contributed by atoms with E-state index in [0.29, 0.717) is 18.3 Å². The molecule has 18 heavy (non-hydrogen) atoms. The van der Waals surface area contributed by atoms with E-state index in [-0.39, 0.29) is 0 Å². The Bertz CT molecular complexity index is 615. The quantitative estimate of drug-likeness (QED) is 0.737. The fourth-order valence-corrected chi connectivity index (χ4v) is 2.59. The van der Waals surface area contributed by atoms with Gasteiger partial charge >= 0.3 is 0 Å². The van der Waals surface area contributed by atoms with Crippen molar-refractivity contribution < 1.29 is 4.74 Å². The monoisotopic (exact) mass is 242 g/mol. The molecular formula is C13H14N4O. The van der Waals surface area contributed by atoms with Gasteiger partial charge in [-0.15, -0.1) is 0 Å². The Hall–Kier alpha value is -2.01. The predicted octanol–water partition coefficient (Wildman–Crippen LogP) is 1.17. The van der Waals surface area contributed by atoms with E-state index in [1.807, 2.05) is 24.4 Å². The van der Waals surface area contributed by atoms with Gasteiger partial charge in [-0.25, -0.2) is 0 Å². The summed E-state index contributed by atoms with van der Waals surface area (Å²) in [6, 6.07) is 6.31. The molecule has 0 spiro atoms. The fraction of sp³-hybridized carbons (Fsp3) is 0.308. The molecule has 0 bridgehead atoms. The maximum absolute atomic E-state index is 5.94. The first-order valence-electron chi connectivity index (χ1n) is 6.13. The third-order valence-corrected chi connectivity index (χ3v) is 3.69. The molecule has 0 unspecified atom stereocenters. The van der Waals surface area contributed by atoms with Gasteiger partial charge in [0, 0.05) is 24.2 Å². The molecule has 3 heterocycles. The number of aromatic nitrogens is 2. The number of ether oxygens (including phenoxy) is 1. The van der Waals surface area contributed by atoms with Crippen LogP contribution >= 0.6 is 0 Å². The molecule has 4 rings (SSSR count). The van der Waals surface area contributed by atoms with Crippen LogP contribution in [0.25, 0.3) is 11.1 Å². The number of anilines is 1. The molecule has 0 saturated carbocycles. The highest BCUT2D eigenvalue weighted by Crippen LogP contribution is 2.41. The average molecular weight is 242 g/mol. The van der Waals surface area contributed by atoms with Crippen molar-refractivity contribution in [3.8, 4) is 16.9 Å². The van der Waals surface area contributed by atoms with Crippen molar-refractivity contribution in [2.24, 2.45) is 0 Å². The van der Waals surface area contributed by atoms with Gasteiger partial charge in [0.05, 0.1) is 23.6 Å². The second kappa shape index (κ2) is 3.49. The third-order valence-electron chi connectivity index (χ3n) is 3.69. The Morgan fingerprint density at radius 3 is 3.00 bits per heavy atom. The van der Waals surface area contributed by atoms with E-state index in [9.17, 15) is 0 Å². The van der Waals surface area contributed by atoms with Crippen LogP contribution in [0, 0.1) is 0 Å². The molecule has 2 aliphatic rings. The van der Waals surface area contributed by atoms with Gasteiger partial charge in [-0.05, 0) is 6.07 Å². The van der Waals surface area contributed by atoms with Crippen molar-refractivity contribution in [2.45, 2.75) is 12.6 Å². The van der Waals surface area contributed by atoms with E-state index in [1.54, 1.807) is 0 Å². The number of hydrogen-bond acceptors (Lipinski definition) is 4. The number of rotatable bonds is 1. The van der Waals surface area contributed by atoms with E-state index >= 15 is 0 Å². The Morgan fingerprint density at radius 2 is 2.22 bits per heavy atom. The third kappa shape index (κ3) is 1.22. The first-order chi connectivity index (χ1) is 8.84. The summed E-state index contributed by atoms with van der Waals surface area (Å²) in [6.07, 6.45) is 1.93. The second-order valence-corrected chi connectivity index (χ2v) is 4.77. The summed E-state index contributed by atoms with van der Waals surface area (Å²) in [7, 11) is 0. The first kappa shape index (κ1) is 9.96. The van der Waals surface area contributed by atoms with Crippen LogP contribution in [-0.4, -0.2) is 22.9 Å². The summed E-state index contributed by atoms with van der Waals surface area (Å²) in [5.74, 6) is 0.788. The maximum Gasteiger partial charge on any atom is 0.150 e. The normalized spacial score (nSPS) is 17.6. The van der Waals surface area contributed by atoms with Crippen LogP contribution in [0.2, 0.25) is 0 Å². The van der Waals surface area contributed by atoms with Crippen LogP contribution in [0.15, 0.2) is 24.4 Å². The van der Waals surface area contributed by atoms with Crippen LogP contribution in [-0.2, 0) is 6.61 Å². The van der Waals surface area contributed by atoms with Crippen LogP contribution in [0.3, 0.4) is 0 Å². The summed E-state index contributed by atoms with van der Waals surface area (Å²) in [4.78, 5) is 0. The van der Waals surface area contributed by atoms with E-state index in [2.05, 4.69) is 15.1 Å². The number of para-hydroxylation sites is 1. The van der Waals surface area contributed by atoms with Gasteiger partial charge in [-0.3, -0.25) is 4.68 Å². The Balaban J connectivity index is 1.87. The average Bonchev–Trinajstić information content (AvgIpc) is 2.72. The van der Waals surface area contributed by atoms with Crippen molar-refractivity contribution in [3.05, 3.63) is 30.1 Å². The Morgan fingerprint density at radius 1 is 1.33 bits per heavy atom. The summed E-state index contributed by atoms with van der Waals surface area (Å²) >= 11 is 0. The zero-order valence-corrected chi connectivity index (χ0v) is 9.89. The lowest BCUT2D eigenvalue weighted by Gasteiger charge is -2.30. The van der Waals surface area contributed by atoms with Gasteiger partial charge in [0.25, 0.3) is 0 Å². The largest absolute Gasteiger partial charge is 0.484 e. The van der Waals surface area contributed by atoms with Crippen molar-refractivity contribution in [1.82, 2.24) is 15.1 Å². The SMILES string of the molecule is Nc1cccc2c1OCc1c-2cnn1C1CNC1. The van der Waals surface area contributed by atoms with E-state index < -0.39 is 0 Å². The molecule has 0 atom stereocenters. The standard InChI is InChI=1S/C13H14N4O/c14-11-3-1-2-9-10-6-16-17(8-4-15-5-8)12(10)7-18-13(9)11/h1-3,6,8,15H,4-5,7,14H2. The summed E-state index contributed by atoms with van der Waals surface area (Å²) in [5.41, 5.74) is 9.98. The minimum Gasteiger partial charge on any atom is -0.484 e. The molecule has 92 valence electrons. The van der Waals surface area contributed by atoms with Gasteiger partial charge in [-0.2, -0.15) is 5.10 Å². The molecule has 2 aliphatic heterocycles. The zero-order chi connectivity index (χ0) is 12.1. The van der Waals surface area contributed by atoms with Crippen molar-refractivity contribution in [1.29, 1.82) is 0 Å². The number of nitrogens with zero attached hydrogens (tertiary/aromatic N) is 2. The Kier molecular flexibility index (Phi) is 1.93. The van der Waals surface area contributed by atoms with Gasteiger partial charge in [0.2, 0.25) is 0 Å². The van der Waals surface area contributed by atoms with E-state index in [4.69, 9.17) is 10.5 Å². The topological polar surface area (TPSA) is 65.1 Å². The van der Waals surface area contributed by atoms with Crippen LogP contribution in [0.4, 0.5) is 5.69 Å². The zero-order valence-electron chi connectivity index (χ0n) is 9.89. The molecule has 2 aromatic rings. The Labute approximate surface area is 105 Å². The van der Waals surface area contributed by atoms with Crippen molar-refractivity contribution in [2.75, 3.05) is 18.8 Å². The molecule has 0 radical (unpaired) electrons. The van der Waals surface area contributed by atoms with Gasteiger partial charge < -0.3 is 15.8 Å². The van der Waals surface area contributed by atoms with Gasteiger partial charge in [-0.1, -0.05) is 12.1 Å². The predicted molar refractivity (Wildman–Crippen MR) is 68.3 cm³/mol. The summed E-state index contributed by atoms with van der Waals surface area (Å²) in [5, 5.41) is 7.77. The molecule has 5 nitrogen and oxygen atoms in total. The van der Waals surface area contributed by atoms with Crippen LogP contribution in [0.5, 0.6) is 5.75 Å². The molecule has 1 saturated heterocycles. The molecule has 1 aromatic carbocycles. The number of hydrogen-bond donors (Lipinski definition) is 2. The molecule has 1 aromatic heterocycles. The number of nitrogen functional groups attached to an aromatic ring is 1. The summed E-state index contributed by atoms with van der Waals surface area (Å²) < 4.78 is 7.87. The number of nitrogens with one attached hydrogen (secondary N) is 1. The van der Waals surface area contributed by atoms with Gasteiger partial charge in [0.15, 0.2) is 5.75 Å². The summed E-state index contributed by atoms with van der Waals surface area (Å²) in [6.45, 7) is 2.52. The molecule has 0 aliphatic carbocycles. The minimum atomic E-state index is 0.458. The molecule has 3 N–H and O–H groups in total. The number of nitrogens with two attached hydrogens (primary N) is 1. The minimum absolute atomic E-state index is 0.458. The first-order valence-corrected chi connectivity index (χ1v) is 6.13.